The van der Waals surface area contributed by atoms with E-state index >= 15 is 0 Å². The average molecular weight is 377 g/mol. The molecule has 2 rings (SSSR count). The second-order valence-corrected chi connectivity index (χ2v) is 6.95. The maximum atomic E-state index is 12.7. The molecule has 0 aliphatic rings. The van der Waals surface area contributed by atoms with Gasteiger partial charge >= 0.3 is 5.97 Å². The number of benzene rings is 2. The summed E-state index contributed by atoms with van der Waals surface area (Å²) in [5.41, 5.74) is 0.507. The van der Waals surface area contributed by atoms with Crippen molar-refractivity contribution in [2.24, 2.45) is 0 Å². The Labute approximate surface area is 152 Å². The fraction of sp³-hybridized carbons (Fsp3) is 0.167. The van der Waals surface area contributed by atoms with E-state index in [1.165, 1.54) is 26.4 Å². The summed E-state index contributed by atoms with van der Waals surface area (Å²) in [6.07, 6.45) is 1.09. The zero-order chi connectivity index (χ0) is 19.2. The van der Waals surface area contributed by atoms with Crippen LogP contribution in [0.4, 0.5) is 5.69 Å². The van der Waals surface area contributed by atoms with Crippen LogP contribution in [0.3, 0.4) is 0 Å². The summed E-state index contributed by atoms with van der Waals surface area (Å²) in [5.74, 6) is 0.00499. The average Bonchev–Trinajstić information content (AvgIpc) is 2.68. The minimum absolute atomic E-state index is 0.00855. The lowest BCUT2D eigenvalue weighted by Gasteiger charge is -2.11. The number of sulfone groups is 1. The van der Waals surface area contributed by atoms with Crippen LogP contribution < -0.4 is 14.8 Å². The predicted molar refractivity (Wildman–Crippen MR) is 96.9 cm³/mol. The van der Waals surface area contributed by atoms with E-state index in [0.29, 0.717) is 17.2 Å². The molecule has 0 fully saturated rings. The Balaban J connectivity index is 2.41. The number of hydrogen-bond acceptors (Lipinski definition) is 7. The van der Waals surface area contributed by atoms with E-state index in [-0.39, 0.29) is 4.90 Å². The van der Waals surface area contributed by atoms with E-state index in [4.69, 9.17) is 9.47 Å². The van der Waals surface area contributed by atoms with Crippen LogP contribution in [0.5, 0.6) is 11.5 Å². The molecule has 8 heteroatoms. The number of carbonyl (C=O) groups excluding carboxylic acids is 1. The maximum absolute atomic E-state index is 12.7. The zero-order valence-electron chi connectivity index (χ0n) is 14.6. The van der Waals surface area contributed by atoms with Crippen molar-refractivity contribution in [3.05, 3.63) is 59.6 Å². The third-order valence-electron chi connectivity index (χ3n) is 3.48. The molecule has 2 aromatic rings. The van der Waals surface area contributed by atoms with Crippen LogP contribution in [0.1, 0.15) is 0 Å². The number of nitrogens with one attached hydrogen (secondary N) is 1. The summed E-state index contributed by atoms with van der Waals surface area (Å²) in [6.45, 7) is 0. The topological polar surface area (TPSA) is 90.9 Å². The Kier molecular flexibility index (Phi) is 6.24. The van der Waals surface area contributed by atoms with Gasteiger partial charge in [0.2, 0.25) is 9.84 Å². The Bertz CT molecular complexity index is 907. The van der Waals surface area contributed by atoms with E-state index in [9.17, 15) is 13.2 Å². The van der Waals surface area contributed by atoms with Crippen LogP contribution in [0, 0.1) is 0 Å². The molecule has 0 atom stereocenters. The van der Waals surface area contributed by atoms with Crippen LogP contribution in [0.2, 0.25) is 0 Å². The van der Waals surface area contributed by atoms with Crippen molar-refractivity contribution < 1.29 is 27.4 Å². The fourth-order valence-electron chi connectivity index (χ4n) is 2.15. The summed E-state index contributed by atoms with van der Waals surface area (Å²) >= 11 is 0. The minimum Gasteiger partial charge on any atom is -0.493 e. The summed E-state index contributed by atoms with van der Waals surface area (Å²) in [7, 11) is 0.0652. The van der Waals surface area contributed by atoms with Crippen LogP contribution in [-0.2, 0) is 19.4 Å². The second-order valence-electron chi connectivity index (χ2n) is 5.03. The maximum Gasteiger partial charge on any atom is 0.351 e. The molecule has 0 saturated heterocycles. The fourth-order valence-corrected chi connectivity index (χ4v) is 3.43. The summed E-state index contributed by atoms with van der Waals surface area (Å²) in [5, 5.41) is 2.78. The molecule has 0 radical (unpaired) electrons. The SMILES string of the molecule is COC(=O)C(=CNc1ccc(OC)c(OC)c1)S(=O)(=O)c1ccccc1. The first-order valence-electron chi connectivity index (χ1n) is 7.51. The van der Waals surface area contributed by atoms with E-state index < -0.39 is 20.7 Å². The highest BCUT2D eigenvalue weighted by molar-refractivity contribution is 7.96. The molecule has 0 saturated carbocycles. The standard InChI is InChI=1S/C18H19NO6S/c1-23-15-10-9-13(11-16(15)24-2)19-12-17(18(20)25-3)26(21,22)14-7-5-4-6-8-14/h4-12,19H,1-3H3. The van der Waals surface area contributed by atoms with Gasteiger partial charge in [0.25, 0.3) is 0 Å². The smallest absolute Gasteiger partial charge is 0.351 e. The van der Waals surface area contributed by atoms with E-state index in [1.54, 1.807) is 36.4 Å². The number of anilines is 1. The molecule has 138 valence electrons. The van der Waals surface area contributed by atoms with Crippen molar-refractivity contribution in [2.75, 3.05) is 26.6 Å². The number of rotatable bonds is 7. The van der Waals surface area contributed by atoms with Crippen molar-refractivity contribution in [1.29, 1.82) is 0 Å². The first-order chi connectivity index (χ1) is 12.4. The monoisotopic (exact) mass is 377 g/mol. The van der Waals surface area contributed by atoms with Gasteiger partial charge < -0.3 is 19.5 Å². The highest BCUT2D eigenvalue weighted by Crippen LogP contribution is 2.30. The molecule has 0 aliphatic heterocycles. The summed E-state index contributed by atoms with van der Waals surface area (Å²) < 4.78 is 40.4. The lowest BCUT2D eigenvalue weighted by Crippen LogP contribution is -2.16. The molecule has 0 amide bonds. The van der Waals surface area contributed by atoms with Crippen molar-refractivity contribution in [3.63, 3.8) is 0 Å². The summed E-state index contributed by atoms with van der Waals surface area (Å²) in [6, 6.07) is 12.6. The van der Waals surface area contributed by atoms with Crippen LogP contribution >= 0.6 is 0 Å². The largest absolute Gasteiger partial charge is 0.493 e. The third-order valence-corrected chi connectivity index (χ3v) is 5.24. The highest BCUT2D eigenvalue weighted by atomic mass is 32.2. The van der Waals surface area contributed by atoms with Crippen LogP contribution in [0.25, 0.3) is 0 Å². The summed E-state index contributed by atoms with van der Waals surface area (Å²) in [4.78, 5) is 11.5. The quantitative estimate of drug-likeness (QED) is 0.586. The molecule has 0 heterocycles. The van der Waals surface area contributed by atoms with Gasteiger partial charge in [0, 0.05) is 18.0 Å². The molecular formula is C18H19NO6S. The molecular weight excluding hydrogens is 358 g/mol. The van der Waals surface area contributed by atoms with E-state index in [1.807, 2.05) is 0 Å². The molecule has 1 N–H and O–H groups in total. The van der Waals surface area contributed by atoms with Gasteiger partial charge in [0.05, 0.1) is 26.2 Å². The zero-order valence-corrected chi connectivity index (χ0v) is 15.4. The molecule has 0 aliphatic carbocycles. The number of carbonyl (C=O) groups is 1. The minimum atomic E-state index is -4.04. The first kappa shape index (κ1) is 19.3. The van der Waals surface area contributed by atoms with E-state index in [0.717, 1.165) is 13.3 Å². The molecule has 2 aromatic carbocycles. The Hall–Kier alpha value is -3.00. The van der Waals surface area contributed by atoms with Gasteiger partial charge in [0.15, 0.2) is 16.4 Å². The normalized spacial score (nSPS) is 11.6. The third kappa shape index (κ3) is 4.15. The molecule has 0 unspecified atom stereocenters. The van der Waals surface area contributed by atoms with Crippen LogP contribution in [-0.4, -0.2) is 35.7 Å². The van der Waals surface area contributed by atoms with Crippen molar-refractivity contribution in [3.8, 4) is 11.5 Å². The molecule has 0 aromatic heterocycles. The molecule has 0 bridgehead atoms. The lowest BCUT2D eigenvalue weighted by molar-refractivity contribution is -0.135. The molecule has 7 nitrogen and oxygen atoms in total. The predicted octanol–water partition coefficient (Wildman–Crippen LogP) is 2.60. The molecule has 0 spiro atoms. The van der Waals surface area contributed by atoms with Gasteiger partial charge in [0.1, 0.15) is 0 Å². The van der Waals surface area contributed by atoms with Crippen molar-refractivity contribution in [1.82, 2.24) is 0 Å². The highest BCUT2D eigenvalue weighted by Gasteiger charge is 2.27. The molecule has 26 heavy (non-hydrogen) atoms. The van der Waals surface area contributed by atoms with Gasteiger partial charge in [-0.3, -0.25) is 0 Å². The number of ether oxygens (including phenoxy) is 3. The van der Waals surface area contributed by atoms with Gasteiger partial charge in [-0.1, -0.05) is 18.2 Å². The Morgan fingerprint density at radius 1 is 0.962 bits per heavy atom. The Morgan fingerprint density at radius 3 is 2.19 bits per heavy atom. The lowest BCUT2D eigenvalue weighted by atomic mass is 10.3. The van der Waals surface area contributed by atoms with Crippen LogP contribution in [0.15, 0.2) is 64.5 Å². The van der Waals surface area contributed by atoms with Gasteiger partial charge in [-0.15, -0.1) is 0 Å². The van der Waals surface area contributed by atoms with Gasteiger partial charge in [-0.05, 0) is 24.3 Å². The first-order valence-corrected chi connectivity index (χ1v) is 8.99. The number of methoxy groups -OCH3 is 3. The second kappa shape index (κ2) is 8.39. The van der Waals surface area contributed by atoms with Gasteiger partial charge in [-0.25, -0.2) is 13.2 Å². The Morgan fingerprint density at radius 2 is 1.62 bits per heavy atom. The van der Waals surface area contributed by atoms with Gasteiger partial charge in [-0.2, -0.15) is 0 Å². The number of esters is 1. The van der Waals surface area contributed by atoms with Crippen molar-refractivity contribution in [2.45, 2.75) is 4.90 Å². The van der Waals surface area contributed by atoms with Crippen molar-refractivity contribution >= 4 is 21.5 Å². The number of hydrogen-bond donors (Lipinski definition) is 1. The van der Waals surface area contributed by atoms with E-state index in [2.05, 4.69) is 10.1 Å².